The molecule has 0 unspecified atom stereocenters. The summed E-state index contributed by atoms with van der Waals surface area (Å²) in [6.07, 6.45) is 0. The molecule has 0 saturated carbocycles. The van der Waals surface area contributed by atoms with Gasteiger partial charge in [-0.3, -0.25) is 9.11 Å². The minimum atomic E-state index is -3.83. The molecule has 0 radical (unpaired) electrons. The van der Waals surface area contributed by atoms with Gasteiger partial charge in [-0.25, -0.2) is 0 Å². The van der Waals surface area contributed by atoms with Gasteiger partial charge in [-0.05, 0) is 0 Å². The summed E-state index contributed by atoms with van der Waals surface area (Å²) >= 11 is 3.47. The highest BCUT2D eigenvalue weighted by molar-refractivity contribution is 8.26. The van der Waals surface area contributed by atoms with E-state index in [0.29, 0.717) is 0 Å². The van der Waals surface area contributed by atoms with Gasteiger partial charge >= 0.3 is 0 Å². The molecule has 6 heavy (non-hydrogen) atoms. The van der Waals surface area contributed by atoms with Crippen LogP contribution < -0.4 is 0 Å². The predicted molar refractivity (Wildman–Crippen MR) is 31.1 cm³/mol. The van der Waals surface area contributed by atoms with Gasteiger partial charge in [-0.1, -0.05) is 0 Å². The minimum absolute atomic E-state index is 0. The van der Waals surface area contributed by atoms with Gasteiger partial charge in [0.15, 0.2) is 0 Å². The smallest absolute Gasteiger partial charge is 0.263 e. The average Bonchev–Trinajstić information content (AvgIpc) is 0.722. The summed E-state index contributed by atoms with van der Waals surface area (Å²) in [6.45, 7) is 0. The first kappa shape index (κ1) is 9.81. The fourth-order valence-corrected chi connectivity index (χ4v) is 0. The largest absolute Gasteiger partial charge is 0.285 e. The van der Waals surface area contributed by atoms with E-state index in [2.05, 4.69) is 11.2 Å². The fourth-order valence-electron chi connectivity index (χ4n) is 0. The van der Waals surface area contributed by atoms with Crippen molar-refractivity contribution >= 4 is 33.7 Å². The van der Waals surface area contributed by atoms with Gasteiger partial charge in [0.2, 0.25) is 0 Å². The summed E-state index contributed by atoms with van der Waals surface area (Å²) < 4.78 is 24.0. The molecule has 0 atom stereocenters. The van der Waals surface area contributed by atoms with Gasteiger partial charge in [-0.2, -0.15) is 17.7 Å². The summed E-state index contributed by atoms with van der Waals surface area (Å²) in [5.41, 5.74) is 0. The van der Waals surface area contributed by atoms with Gasteiger partial charge < -0.3 is 0 Å². The van der Waals surface area contributed by atoms with Gasteiger partial charge in [-0.15, -0.1) is 0 Å². The van der Waals surface area contributed by atoms with E-state index in [-0.39, 0.29) is 13.5 Å². The maximum Gasteiger partial charge on any atom is 0.263 e. The Labute approximate surface area is 47.5 Å². The minimum Gasteiger partial charge on any atom is -0.285 e. The Kier molecular flexibility index (Phi) is 4.50. The lowest BCUT2D eigenvalue weighted by atomic mass is 15.8. The number of rotatable bonds is 0. The van der Waals surface area contributed by atoms with Crippen LogP contribution in [0.3, 0.4) is 0 Å². The van der Waals surface area contributed by atoms with E-state index < -0.39 is 9.05 Å². The summed E-state index contributed by atoms with van der Waals surface area (Å²) in [6, 6.07) is 0. The van der Waals surface area contributed by atoms with Crippen molar-refractivity contribution in [1.82, 2.24) is 0 Å². The molecule has 40 valence electrons. The SMILES string of the molecule is O=S(O)(O)=S.S. The van der Waals surface area contributed by atoms with Crippen LogP contribution >= 0.6 is 13.5 Å². The Hall–Kier alpha value is 0.640. The molecule has 0 spiro atoms. The standard InChI is InChI=1S/H2O3S2.H2S/c1-5(2,3)4;/h(H2,1,2,3,4);1H2. The van der Waals surface area contributed by atoms with Crippen molar-refractivity contribution in [1.29, 1.82) is 0 Å². The van der Waals surface area contributed by atoms with Gasteiger partial charge in [0.25, 0.3) is 9.05 Å². The van der Waals surface area contributed by atoms with Crippen LogP contribution in [0.5, 0.6) is 0 Å². The number of hydrogen-bond acceptors (Lipinski definition) is 2. The first-order valence-corrected chi connectivity index (χ1v) is 3.10. The van der Waals surface area contributed by atoms with Gasteiger partial charge in [0.05, 0.1) is 0 Å². The van der Waals surface area contributed by atoms with Crippen LogP contribution in [0.2, 0.25) is 0 Å². The lowest BCUT2D eigenvalue weighted by Gasteiger charge is -1.73. The predicted octanol–water partition coefficient (Wildman–Crippen LogP) is -0.208. The highest BCUT2D eigenvalue weighted by Gasteiger charge is 1.78. The maximum absolute atomic E-state index is 9.11. The van der Waals surface area contributed by atoms with Crippen molar-refractivity contribution < 1.29 is 13.3 Å². The Balaban J connectivity index is 0. The van der Waals surface area contributed by atoms with Crippen LogP contribution in [0.1, 0.15) is 0 Å². The van der Waals surface area contributed by atoms with Crippen molar-refractivity contribution in [3.63, 3.8) is 0 Å². The second-order valence-corrected chi connectivity index (χ2v) is 2.65. The monoisotopic (exact) mass is 148 g/mol. The second-order valence-electron chi connectivity index (χ2n) is 0.448. The molecule has 0 aromatic carbocycles. The van der Waals surface area contributed by atoms with E-state index in [4.69, 9.17) is 13.3 Å². The molecule has 2 N–H and O–H groups in total. The van der Waals surface area contributed by atoms with Crippen molar-refractivity contribution in [2.45, 2.75) is 0 Å². The van der Waals surface area contributed by atoms with Crippen LogP contribution in [0, 0.1) is 0 Å². The third kappa shape index (κ3) is 150. The van der Waals surface area contributed by atoms with Crippen molar-refractivity contribution in [3.05, 3.63) is 0 Å². The molecule has 0 saturated heterocycles. The zero-order valence-corrected chi connectivity index (χ0v) is 5.25. The third-order valence-corrected chi connectivity index (χ3v) is 0. The van der Waals surface area contributed by atoms with E-state index in [1.807, 2.05) is 0 Å². The molecule has 6 heteroatoms. The molecular weight excluding hydrogens is 144 g/mol. The third-order valence-electron chi connectivity index (χ3n) is 0. The quantitative estimate of drug-likeness (QED) is 0.499. The first-order valence-electron chi connectivity index (χ1n) is 0.698. The highest BCUT2D eigenvalue weighted by Crippen LogP contribution is 1.62. The molecule has 0 aliphatic carbocycles. The van der Waals surface area contributed by atoms with Crippen LogP contribution in [-0.2, 0) is 20.2 Å². The molecule has 0 fully saturated rings. The van der Waals surface area contributed by atoms with Crippen molar-refractivity contribution in [3.8, 4) is 0 Å². The van der Waals surface area contributed by atoms with E-state index >= 15 is 0 Å². The van der Waals surface area contributed by atoms with Crippen LogP contribution in [0.4, 0.5) is 0 Å². The molecular formula is H4O3S3. The van der Waals surface area contributed by atoms with Gasteiger partial charge in [0, 0.05) is 11.2 Å². The average molecular weight is 148 g/mol. The van der Waals surface area contributed by atoms with Crippen molar-refractivity contribution in [2.75, 3.05) is 0 Å². The zero-order chi connectivity index (χ0) is 4.50. The van der Waals surface area contributed by atoms with E-state index in [0.717, 1.165) is 0 Å². The molecule has 0 aliphatic heterocycles. The molecule has 0 heterocycles. The molecule has 3 nitrogen and oxygen atoms in total. The van der Waals surface area contributed by atoms with E-state index in [1.54, 1.807) is 0 Å². The van der Waals surface area contributed by atoms with E-state index in [9.17, 15) is 0 Å². The Morgan fingerprint density at radius 3 is 1.50 bits per heavy atom. The first-order chi connectivity index (χ1) is 2.00. The maximum atomic E-state index is 9.11. The summed E-state index contributed by atoms with van der Waals surface area (Å²) in [7, 11) is -3.83. The lowest BCUT2D eigenvalue weighted by Crippen LogP contribution is -1.86. The highest BCUT2D eigenvalue weighted by atomic mass is 32.9. The topological polar surface area (TPSA) is 57.5 Å². The zero-order valence-electron chi connectivity index (χ0n) is 2.62. The van der Waals surface area contributed by atoms with E-state index in [1.165, 1.54) is 0 Å². The Morgan fingerprint density at radius 1 is 1.50 bits per heavy atom. The summed E-state index contributed by atoms with van der Waals surface area (Å²) in [5, 5.41) is 0. The van der Waals surface area contributed by atoms with Crippen LogP contribution in [0.25, 0.3) is 0 Å². The van der Waals surface area contributed by atoms with Gasteiger partial charge in [0.1, 0.15) is 0 Å². The summed E-state index contributed by atoms with van der Waals surface area (Å²) in [5.74, 6) is 0. The molecule has 0 aromatic rings. The second kappa shape index (κ2) is 2.75. The normalized spacial score (nSPS) is 9.67. The van der Waals surface area contributed by atoms with Crippen molar-refractivity contribution in [2.24, 2.45) is 0 Å². The van der Waals surface area contributed by atoms with Crippen LogP contribution in [0.15, 0.2) is 0 Å². The molecule has 0 amide bonds. The molecule has 0 aliphatic rings. The Bertz CT molecular complexity index is 89.2. The number of hydrogen-bond donors (Lipinski definition) is 2. The molecule has 0 bridgehead atoms. The fraction of sp³-hybridized carbons (Fsp3) is 0. The molecule has 0 rings (SSSR count). The lowest BCUT2D eigenvalue weighted by molar-refractivity contribution is 0.450. The summed E-state index contributed by atoms with van der Waals surface area (Å²) in [4.78, 5) is 0. The Morgan fingerprint density at radius 2 is 1.50 bits per heavy atom. The van der Waals surface area contributed by atoms with Crippen LogP contribution in [-0.4, -0.2) is 13.3 Å². The molecule has 0 aromatic heterocycles.